The van der Waals surface area contributed by atoms with E-state index >= 15 is 0 Å². The summed E-state index contributed by atoms with van der Waals surface area (Å²) in [5.74, 6) is 0. The molecule has 0 atom stereocenters. The van der Waals surface area contributed by atoms with Gasteiger partial charge in [0.25, 0.3) is 0 Å². The summed E-state index contributed by atoms with van der Waals surface area (Å²) in [5, 5.41) is 6.07. The van der Waals surface area contributed by atoms with Gasteiger partial charge in [-0.3, -0.25) is 0 Å². The van der Waals surface area contributed by atoms with E-state index in [0.717, 1.165) is 47.0 Å². The van der Waals surface area contributed by atoms with Crippen molar-refractivity contribution in [3.05, 3.63) is 137 Å². The molecule has 0 saturated carbocycles. The highest BCUT2D eigenvalue weighted by Crippen LogP contribution is 2.39. The van der Waals surface area contributed by atoms with Gasteiger partial charge in [0, 0.05) is 31.6 Å². The number of nitrogens with one attached hydrogen (secondary N) is 1. The first-order valence-electron chi connectivity index (χ1n) is 14.4. The lowest BCUT2D eigenvalue weighted by atomic mass is 9.87. The average Bonchev–Trinajstić information content (AvgIpc) is 3.55. The number of para-hydroxylation sites is 1. The molecule has 4 heteroatoms. The summed E-state index contributed by atoms with van der Waals surface area (Å²) in [5.41, 5.74) is 10.7. The molecule has 0 saturated heterocycles. The molecular formula is C38H30BNOS. The predicted octanol–water partition coefficient (Wildman–Crippen LogP) is 10.0. The van der Waals surface area contributed by atoms with Crippen LogP contribution in [-0.2, 0) is 12.8 Å². The topological polar surface area (TPSA) is 25.2 Å². The van der Waals surface area contributed by atoms with Crippen LogP contribution in [0.1, 0.15) is 22.4 Å². The lowest BCUT2D eigenvalue weighted by Crippen LogP contribution is -2.04. The number of rotatable bonds is 8. The molecule has 0 fully saturated rings. The minimum atomic E-state index is 0.469. The van der Waals surface area contributed by atoms with Gasteiger partial charge >= 0.3 is 0 Å². The second kappa shape index (κ2) is 11.4. The van der Waals surface area contributed by atoms with Crippen molar-refractivity contribution in [2.45, 2.75) is 26.2 Å². The summed E-state index contributed by atoms with van der Waals surface area (Å²) in [6.45, 7) is 2.12. The molecule has 0 amide bonds. The molecule has 0 aliphatic heterocycles. The van der Waals surface area contributed by atoms with E-state index < -0.39 is 0 Å². The first-order chi connectivity index (χ1) is 20.6. The molecule has 5 aromatic carbocycles. The lowest BCUT2D eigenvalue weighted by molar-refractivity contribution is 0.654. The fourth-order valence-corrected chi connectivity index (χ4v) is 7.01. The molecular weight excluding hydrogens is 529 g/mol. The van der Waals surface area contributed by atoms with Crippen molar-refractivity contribution in [1.82, 2.24) is 0 Å². The number of hydrogen-bond donors (Lipinski definition) is 1. The molecule has 7 aromatic rings. The Morgan fingerprint density at radius 3 is 2.29 bits per heavy atom. The maximum Gasteiger partial charge on any atom is 0.168 e. The van der Waals surface area contributed by atoms with E-state index in [4.69, 9.17) is 12.3 Å². The zero-order chi connectivity index (χ0) is 28.5. The van der Waals surface area contributed by atoms with Crippen molar-refractivity contribution < 1.29 is 4.42 Å². The van der Waals surface area contributed by atoms with Gasteiger partial charge in [-0.05, 0) is 78.8 Å². The van der Waals surface area contributed by atoms with Crippen molar-refractivity contribution in [2.75, 3.05) is 5.32 Å². The van der Waals surface area contributed by atoms with E-state index in [1.54, 1.807) is 0 Å². The summed E-state index contributed by atoms with van der Waals surface area (Å²) in [6, 6.07) is 42.7. The number of anilines is 2. The van der Waals surface area contributed by atoms with Crippen LogP contribution in [0.15, 0.2) is 126 Å². The molecule has 0 unspecified atom stereocenters. The van der Waals surface area contributed by atoms with Crippen molar-refractivity contribution in [1.29, 1.82) is 0 Å². The van der Waals surface area contributed by atoms with Gasteiger partial charge in [0.2, 0.25) is 0 Å². The van der Waals surface area contributed by atoms with E-state index in [9.17, 15) is 0 Å². The summed E-state index contributed by atoms with van der Waals surface area (Å²) in [4.78, 5) is 1.38. The highest BCUT2D eigenvalue weighted by molar-refractivity contribution is 7.19. The quantitative estimate of drug-likeness (QED) is 0.188. The van der Waals surface area contributed by atoms with Gasteiger partial charge in [0.15, 0.2) is 7.85 Å². The van der Waals surface area contributed by atoms with Gasteiger partial charge in [-0.1, -0.05) is 96.6 Å². The van der Waals surface area contributed by atoms with E-state index in [-0.39, 0.29) is 0 Å². The van der Waals surface area contributed by atoms with Crippen LogP contribution in [0.3, 0.4) is 0 Å². The summed E-state index contributed by atoms with van der Waals surface area (Å²) in [7, 11) is 6.53. The second-order valence-electron chi connectivity index (χ2n) is 10.8. The smallest absolute Gasteiger partial charge is 0.168 e. The van der Waals surface area contributed by atoms with Crippen LogP contribution in [0.2, 0.25) is 0 Å². The predicted molar refractivity (Wildman–Crippen MR) is 181 cm³/mol. The van der Waals surface area contributed by atoms with Crippen LogP contribution in [0.4, 0.5) is 11.4 Å². The third-order valence-corrected chi connectivity index (χ3v) is 9.18. The van der Waals surface area contributed by atoms with E-state index in [1.807, 2.05) is 29.5 Å². The Morgan fingerprint density at radius 2 is 1.45 bits per heavy atom. The molecule has 2 heterocycles. The second-order valence-corrected chi connectivity index (χ2v) is 12.0. The molecule has 202 valence electrons. The molecule has 0 aliphatic rings. The van der Waals surface area contributed by atoms with E-state index in [0.29, 0.717) is 5.66 Å². The molecule has 2 nitrogen and oxygen atoms in total. The van der Waals surface area contributed by atoms with Gasteiger partial charge < -0.3 is 9.73 Å². The SMILES string of the molecule is [B]c1oc2ccccc2c1-c1cc(-c2ccccc2)ccc1CCCc1sc2ccccc2c1Nc1ccc(C)cc1. The van der Waals surface area contributed by atoms with Gasteiger partial charge in [-0.15, -0.1) is 11.3 Å². The number of aryl methyl sites for hydroxylation is 3. The molecule has 2 aromatic heterocycles. The van der Waals surface area contributed by atoms with E-state index in [2.05, 4.69) is 115 Å². The Hall–Kier alpha value is -4.54. The van der Waals surface area contributed by atoms with Crippen molar-refractivity contribution in [3.8, 4) is 22.3 Å². The summed E-state index contributed by atoms with van der Waals surface area (Å²) >= 11 is 1.89. The molecule has 0 spiro atoms. The van der Waals surface area contributed by atoms with Gasteiger partial charge in [0.1, 0.15) is 5.58 Å². The first-order valence-corrected chi connectivity index (χ1v) is 15.3. The molecule has 0 aliphatic carbocycles. The molecule has 42 heavy (non-hydrogen) atoms. The molecule has 0 bridgehead atoms. The zero-order valence-electron chi connectivity index (χ0n) is 23.6. The number of hydrogen-bond acceptors (Lipinski definition) is 3. The fourth-order valence-electron chi connectivity index (χ4n) is 5.81. The highest BCUT2D eigenvalue weighted by Gasteiger charge is 2.18. The number of furan rings is 1. The fraction of sp³-hybridized carbons (Fsp3) is 0.105. The Bertz CT molecular complexity index is 2000. The number of benzene rings is 5. The molecule has 2 radical (unpaired) electrons. The highest BCUT2D eigenvalue weighted by atomic mass is 32.1. The number of thiophene rings is 1. The van der Waals surface area contributed by atoms with Crippen molar-refractivity contribution in [2.24, 2.45) is 0 Å². The van der Waals surface area contributed by atoms with Crippen LogP contribution in [0, 0.1) is 6.92 Å². The van der Waals surface area contributed by atoms with Crippen LogP contribution >= 0.6 is 11.3 Å². The number of fused-ring (bicyclic) bond motifs is 2. The Balaban J connectivity index is 1.23. The maximum absolute atomic E-state index is 6.53. The van der Waals surface area contributed by atoms with Crippen LogP contribution < -0.4 is 11.0 Å². The van der Waals surface area contributed by atoms with Crippen LogP contribution in [-0.4, -0.2) is 7.85 Å². The third kappa shape index (κ3) is 5.15. The third-order valence-electron chi connectivity index (χ3n) is 7.95. The van der Waals surface area contributed by atoms with Crippen LogP contribution in [0.25, 0.3) is 43.3 Å². The Morgan fingerprint density at radius 1 is 0.714 bits per heavy atom. The van der Waals surface area contributed by atoms with Gasteiger partial charge in [0.05, 0.1) is 11.3 Å². The Labute approximate surface area is 252 Å². The first kappa shape index (κ1) is 26.4. The Kier molecular flexibility index (Phi) is 7.15. The standard InChI is InChI=1S/C38H30BNOS/c1-25-18-22-29(23-19-25)40-37-31-14-6-8-16-34(31)42-35(37)17-9-12-27-20-21-28(26-10-3-2-4-11-26)24-32(27)36-30-13-5-7-15-33(30)41-38(36)39/h2-8,10-11,13-16,18-24,40H,9,12,17H2,1H3. The summed E-state index contributed by atoms with van der Waals surface area (Å²) < 4.78 is 7.32. The van der Waals surface area contributed by atoms with E-state index in [1.165, 1.54) is 42.9 Å². The monoisotopic (exact) mass is 559 g/mol. The minimum Gasteiger partial charge on any atom is -0.472 e. The van der Waals surface area contributed by atoms with Crippen molar-refractivity contribution in [3.63, 3.8) is 0 Å². The molecule has 7 rings (SSSR count). The van der Waals surface area contributed by atoms with Gasteiger partial charge in [-0.25, -0.2) is 0 Å². The normalized spacial score (nSPS) is 11.4. The van der Waals surface area contributed by atoms with Crippen molar-refractivity contribution >= 4 is 57.3 Å². The largest absolute Gasteiger partial charge is 0.472 e. The van der Waals surface area contributed by atoms with Gasteiger partial charge in [-0.2, -0.15) is 0 Å². The zero-order valence-corrected chi connectivity index (χ0v) is 24.4. The van der Waals surface area contributed by atoms with Crippen LogP contribution in [0.5, 0.6) is 0 Å². The summed E-state index contributed by atoms with van der Waals surface area (Å²) in [6.07, 6.45) is 2.93. The molecule has 1 N–H and O–H groups in total. The lowest BCUT2D eigenvalue weighted by Gasteiger charge is -2.14. The minimum absolute atomic E-state index is 0.469. The average molecular weight is 560 g/mol. The maximum atomic E-state index is 6.53.